The standard InChI is InChI=1S/C18H16ClFO5/c1-22-15-3-2-13(20)9-12(15)10-25-17(21)8-11-6-14(19)18-16(7-11)23-4-5-24-18/h2-3,6-7,9H,4-5,8,10H2,1H3. The van der Waals surface area contributed by atoms with Gasteiger partial charge >= 0.3 is 5.97 Å². The van der Waals surface area contributed by atoms with Crippen LogP contribution in [0.3, 0.4) is 0 Å². The predicted molar refractivity (Wildman–Crippen MR) is 88.9 cm³/mol. The van der Waals surface area contributed by atoms with Crippen LogP contribution in [0.2, 0.25) is 5.02 Å². The van der Waals surface area contributed by atoms with Crippen molar-refractivity contribution < 1.29 is 28.1 Å². The summed E-state index contributed by atoms with van der Waals surface area (Å²) in [6.45, 7) is 0.776. The molecule has 1 aliphatic heterocycles. The van der Waals surface area contributed by atoms with Gasteiger partial charge in [-0.1, -0.05) is 11.6 Å². The summed E-state index contributed by atoms with van der Waals surface area (Å²) in [5.41, 5.74) is 1.10. The first-order chi connectivity index (χ1) is 12.1. The number of hydrogen-bond donors (Lipinski definition) is 0. The molecule has 25 heavy (non-hydrogen) atoms. The SMILES string of the molecule is COc1ccc(F)cc1COC(=O)Cc1cc(Cl)c2c(c1)OCCO2. The van der Waals surface area contributed by atoms with Crippen molar-refractivity contribution >= 4 is 17.6 Å². The zero-order valence-corrected chi connectivity index (χ0v) is 14.3. The normalized spacial score (nSPS) is 12.6. The molecule has 0 fully saturated rings. The molecule has 0 aliphatic carbocycles. The molecule has 0 amide bonds. The Balaban J connectivity index is 1.65. The second-order valence-electron chi connectivity index (χ2n) is 5.40. The van der Waals surface area contributed by atoms with Gasteiger partial charge in [0.15, 0.2) is 11.5 Å². The first-order valence-corrected chi connectivity index (χ1v) is 8.00. The molecule has 0 radical (unpaired) electrons. The van der Waals surface area contributed by atoms with Gasteiger partial charge in [-0.15, -0.1) is 0 Å². The van der Waals surface area contributed by atoms with Gasteiger partial charge in [-0.3, -0.25) is 4.79 Å². The molecule has 0 unspecified atom stereocenters. The summed E-state index contributed by atoms with van der Waals surface area (Å²) in [5.74, 6) is 0.545. The van der Waals surface area contributed by atoms with Crippen molar-refractivity contribution in [3.05, 3.63) is 52.3 Å². The third kappa shape index (κ3) is 4.14. The maximum atomic E-state index is 13.3. The van der Waals surface area contributed by atoms with Crippen LogP contribution < -0.4 is 14.2 Å². The van der Waals surface area contributed by atoms with Crippen LogP contribution in [0, 0.1) is 5.82 Å². The van der Waals surface area contributed by atoms with Crippen LogP contribution in [-0.2, 0) is 22.6 Å². The van der Waals surface area contributed by atoms with Gasteiger partial charge in [0.25, 0.3) is 0 Å². The molecule has 0 saturated carbocycles. The molecule has 0 atom stereocenters. The fraction of sp³-hybridized carbons (Fsp3) is 0.278. The molecule has 0 aromatic heterocycles. The maximum Gasteiger partial charge on any atom is 0.310 e. The highest BCUT2D eigenvalue weighted by Gasteiger charge is 2.18. The molecule has 2 aromatic rings. The number of carbonyl (C=O) groups is 1. The number of rotatable bonds is 5. The van der Waals surface area contributed by atoms with Gasteiger partial charge in [-0.2, -0.15) is 0 Å². The molecular weight excluding hydrogens is 351 g/mol. The Bertz CT molecular complexity index is 793. The fourth-order valence-electron chi connectivity index (χ4n) is 2.50. The third-order valence-electron chi connectivity index (χ3n) is 3.64. The number of fused-ring (bicyclic) bond motifs is 1. The van der Waals surface area contributed by atoms with Crippen LogP contribution in [-0.4, -0.2) is 26.3 Å². The lowest BCUT2D eigenvalue weighted by atomic mass is 10.1. The lowest BCUT2D eigenvalue weighted by Gasteiger charge is -2.20. The number of hydrogen-bond acceptors (Lipinski definition) is 5. The summed E-state index contributed by atoms with van der Waals surface area (Å²) in [6.07, 6.45) is 0.00793. The summed E-state index contributed by atoms with van der Waals surface area (Å²) in [7, 11) is 1.47. The van der Waals surface area contributed by atoms with Gasteiger partial charge in [0, 0.05) is 5.56 Å². The van der Waals surface area contributed by atoms with Crippen molar-refractivity contribution in [1.82, 2.24) is 0 Å². The Morgan fingerprint density at radius 3 is 2.84 bits per heavy atom. The highest BCUT2D eigenvalue weighted by atomic mass is 35.5. The molecule has 132 valence electrons. The van der Waals surface area contributed by atoms with Crippen LogP contribution in [0.15, 0.2) is 30.3 Å². The number of esters is 1. The lowest BCUT2D eigenvalue weighted by molar-refractivity contribution is -0.144. The average molecular weight is 367 g/mol. The summed E-state index contributed by atoms with van der Waals surface area (Å²) in [5, 5.41) is 0.381. The van der Waals surface area contributed by atoms with E-state index >= 15 is 0 Å². The Morgan fingerprint density at radius 1 is 1.24 bits per heavy atom. The molecule has 3 rings (SSSR count). The molecule has 5 nitrogen and oxygen atoms in total. The Kier molecular flexibility index (Phi) is 5.28. The van der Waals surface area contributed by atoms with Crippen molar-refractivity contribution in [2.45, 2.75) is 13.0 Å². The summed E-state index contributed by atoms with van der Waals surface area (Å²) in [4.78, 5) is 12.1. The van der Waals surface area contributed by atoms with Crippen molar-refractivity contribution in [3.63, 3.8) is 0 Å². The Labute approximate surface area is 149 Å². The van der Waals surface area contributed by atoms with Gasteiger partial charge in [0.1, 0.15) is 31.4 Å². The van der Waals surface area contributed by atoms with Crippen LogP contribution in [0.4, 0.5) is 4.39 Å². The van der Waals surface area contributed by atoms with Gasteiger partial charge in [-0.05, 0) is 35.9 Å². The van der Waals surface area contributed by atoms with Crippen LogP contribution >= 0.6 is 11.6 Å². The van der Waals surface area contributed by atoms with Crippen LogP contribution in [0.5, 0.6) is 17.2 Å². The van der Waals surface area contributed by atoms with Crippen LogP contribution in [0.25, 0.3) is 0 Å². The molecule has 0 saturated heterocycles. The molecule has 2 aromatic carbocycles. The number of benzene rings is 2. The largest absolute Gasteiger partial charge is 0.496 e. The van der Waals surface area contributed by atoms with E-state index in [1.807, 2.05) is 0 Å². The highest BCUT2D eigenvalue weighted by Crippen LogP contribution is 2.38. The summed E-state index contributed by atoms with van der Waals surface area (Å²) < 4.78 is 34.6. The number of carbonyl (C=O) groups excluding carboxylic acids is 1. The number of ether oxygens (including phenoxy) is 4. The first-order valence-electron chi connectivity index (χ1n) is 7.63. The zero-order chi connectivity index (χ0) is 17.8. The molecule has 7 heteroatoms. The number of halogens is 2. The van der Waals surface area contributed by atoms with Crippen molar-refractivity contribution in [2.75, 3.05) is 20.3 Å². The van der Waals surface area contributed by atoms with E-state index in [-0.39, 0.29) is 13.0 Å². The van der Waals surface area contributed by atoms with Crippen molar-refractivity contribution in [1.29, 1.82) is 0 Å². The second-order valence-corrected chi connectivity index (χ2v) is 5.80. The van der Waals surface area contributed by atoms with Crippen LogP contribution in [0.1, 0.15) is 11.1 Å². The van der Waals surface area contributed by atoms with E-state index in [4.69, 9.17) is 30.5 Å². The van der Waals surface area contributed by atoms with E-state index in [9.17, 15) is 9.18 Å². The highest BCUT2D eigenvalue weighted by molar-refractivity contribution is 6.32. The fourth-order valence-corrected chi connectivity index (χ4v) is 2.79. The maximum absolute atomic E-state index is 13.3. The quantitative estimate of drug-likeness (QED) is 0.757. The average Bonchev–Trinajstić information content (AvgIpc) is 2.60. The molecule has 1 aliphatic rings. The van der Waals surface area contributed by atoms with E-state index in [0.29, 0.717) is 46.6 Å². The van der Waals surface area contributed by atoms with Gasteiger partial charge in [0.2, 0.25) is 0 Å². The minimum Gasteiger partial charge on any atom is -0.496 e. The second kappa shape index (κ2) is 7.61. The van der Waals surface area contributed by atoms with Gasteiger partial charge in [-0.25, -0.2) is 4.39 Å². The van der Waals surface area contributed by atoms with E-state index < -0.39 is 11.8 Å². The van der Waals surface area contributed by atoms with Crippen molar-refractivity contribution in [2.24, 2.45) is 0 Å². The third-order valence-corrected chi connectivity index (χ3v) is 3.92. The minimum absolute atomic E-state index is 0.00793. The minimum atomic E-state index is -0.473. The molecule has 0 spiro atoms. The molecular formula is C18H16ClFO5. The lowest BCUT2D eigenvalue weighted by Crippen LogP contribution is -2.16. The topological polar surface area (TPSA) is 54.0 Å². The molecule has 0 N–H and O–H groups in total. The molecule has 0 bridgehead atoms. The van der Waals surface area contributed by atoms with E-state index in [1.54, 1.807) is 12.1 Å². The number of methoxy groups -OCH3 is 1. The Morgan fingerprint density at radius 2 is 2.04 bits per heavy atom. The monoisotopic (exact) mass is 366 g/mol. The van der Waals surface area contributed by atoms with E-state index in [0.717, 1.165) is 0 Å². The first kappa shape index (κ1) is 17.4. The summed E-state index contributed by atoms with van der Waals surface area (Å²) >= 11 is 6.15. The van der Waals surface area contributed by atoms with Gasteiger partial charge < -0.3 is 18.9 Å². The summed E-state index contributed by atoms with van der Waals surface area (Å²) in [6, 6.07) is 7.37. The van der Waals surface area contributed by atoms with E-state index in [1.165, 1.54) is 25.3 Å². The Hall–Kier alpha value is -2.47. The predicted octanol–water partition coefficient (Wildman–Crippen LogP) is 3.54. The zero-order valence-electron chi connectivity index (χ0n) is 13.5. The van der Waals surface area contributed by atoms with Crippen molar-refractivity contribution in [3.8, 4) is 17.2 Å². The molecule has 1 heterocycles. The van der Waals surface area contributed by atoms with Gasteiger partial charge in [0.05, 0.1) is 18.6 Å². The van der Waals surface area contributed by atoms with E-state index in [2.05, 4.69) is 0 Å². The smallest absolute Gasteiger partial charge is 0.310 e.